The summed E-state index contributed by atoms with van der Waals surface area (Å²) < 4.78 is 10.8. The molecule has 88 valence electrons. The highest BCUT2D eigenvalue weighted by molar-refractivity contribution is 6.31. The average molecular weight is 242 g/mol. The van der Waals surface area contributed by atoms with E-state index in [1.807, 2.05) is 12.1 Å². The van der Waals surface area contributed by atoms with Crippen LogP contribution in [0.2, 0.25) is 5.02 Å². The summed E-state index contributed by atoms with van der Waals surface area (Å²) in [6.45, 7) is 3.63. The second-order valence-corrected chi connectivity index (χ2v) is 4.58. The Kier molecular flexibility index (Phi) is 3.69. The van der Waals surface area contributed by atoms with E-state index in [1.165, 1.54) is 5.56 Å². The van der Waals surface area contributed by atoms with E-state index in [1.54, 1.807) is 0 Å². The van der Waals surface area contributed by atoms with Gasteiger partial charge in [0.2, 0.25) is 0 Å². The standard InChI is InChI=1S/C12H16ClNO2/c1-8(5-14)4-9-2-3-11(13)10-6-15-7-16-12(9)10/h2-3,8H,4-7,14H2,1H3. The summed E-state index contributed by atoms with van der Waals surface area (Å²) in [4.78, 5) is 0. The van der Waals surface area contributed by atoms with Gasteiger partial charge in [0, 0.05) is 10.6 Å². The maximum absolute atomic E-state index is 6.10. The molecule has 0 saturated heterocycles. The topological polar surface area (TPSA) is 44.5 Å². The highest BCUT2D eigenvalue weighted by Crippen LogP contribution is 2.34. The second-order valence-electron chi connectivity index (χ2n) is 4.17. The summed E-state index contributed by atoms with van der Waals surface area (Å²) in [5, 5.41) is 0.707. The molecule has 1 unspecified atom stereocenters. The van der Waals surface area contributed by atoms with E-state index in [0.717, 1.165) is 17.7 Å². The average Bonchev–Trinajstić information content (AvgIpc) is 2.33. The molecule has 4 heteroatoms. The Balaban J connectivity index is 2.31. The quantitative estimate of drug-likeness (QED) is 0.884. The van der Waals surface area contributed by atoms with Crippen LogP contribution in [0.4, 0.5) is 0 Å². The maximum atomic E-state index is 6.10. The lowest BCUT2D eigenvalue weighted by molar-refractivity contribution is -0.0170. The van der Waals surface area contributed by atoms with Crippen LogP contribution < -0.4 is 10.5 Å². The molecule has 1 heterocycles. The minimum absolute atomic E-state index is 0.303. The molecule has 0 radical (unpaired) electrons. The minimum Gasteiger partial charge on any atom is -0.467 e. The van der Waals surface area contributed by atoms with Crippen molar-refractivity contribution in [2.75, 3.05) is 13.3 Å². The van der Waals surface area contributed by atoms with Crippen molar-refractivity contribution in [1.82, 2.24) is 0 Å². The third kappa shape index (κ3) is 2.32. The van der Waals surface area contributed by atoms with Gasteiger partial charge in [-0.1, -0.05) is 24.6 Å². The Hall–Kier alpha value is -0.770. The smallest absolute Gasteiger partial charge is 0.189 e. The van der Waals surface area contributed by atoms with Crippen molar-refractivity contribution in [3.05, 3.63) is 28.3 Å². The Morgan fingerprint density at radius 2 is 2.31 bits per heavy atom. The molecule has 2 rings (SSSR count). The fraction of sp³-hybridized carbons (Fsp3) is 0.500. The summed E-state index contributed by atoms with van der Waals surface area (Å²) in [6.07, 6.45) is 0.913. The first-order chi connectivity index (χ1) is 7.72. The number of ether oxygens (including phenoxy) is 2. The number of halogens is 1. The van der Waals surface area contributed by atoms with E-state index in [-0.39, 0.29) is 0 Å². The van der Waals surface area contributed by atoms with Crippen molar-refractivity contribution in [3.63, 3.8) is 0 Å². The zero-order valence-electron chi connectivity index (χ0n) is 9.33. The number of hydrogen-bond acceptors (Lipinski definition) is 3. The highest BCUT2D eigenvalue weighted by atomic mass is 35.5. The molecule has 1 aromatic rings. The first-order valence-electron chi connectivity index (χ1n) is 5.43. The molecule has 1 atom stereocenters. The first kappa shape index (κ1) is 11.7. The van der Waals surface area contributed by atoms with Crippen molar-refractivity contribution in [2.45, 2.75) is 20.0 Å². The van der Waals surface area contributed by atoms with E-state index in [4.69, 9.17) is 26.8 Å². The van der Waals surface area contributed by atoms with Crippen LogP contribution in [-0.4, -0.2) is 13.3 Å². The molecule has 1 aliphatic rings. The molecule has 0 fully saturated rings. The SMILES string of the molecule is CC(CN)Cc1ccc(Cl)c2c1OCOC2. The molecule has 2 N–H and O–H groups in total. The lowest BCUT2D eigenvalue weighted by Crippen LogP contribution is -2.17. The van der Waals surface area contributed by atoms with E-state index in [0.29, 0.717) is 30.9 Å². The molecule has 16 heavy (non-hydrogen) atoms. The lowest BCUT2D eigenvalue weighted by Gasteiger charge is -2.22. The van der Waals surface area contributed by atoms with Crippen molar-refractivity contribution in [1.29, 1.82) is 0 Å². The number of benzene rings is 1. The summed E-state index contributed by atoms with van der Waals surface area (Å²) in [6, 6.07) is 3.91. The Bertz CT molecular complexity index is 382. The molecule has 0 spiro atoms. The molecule has 0 saturated carbocycles. The van der Waals surface area contributed by atoms with Gasteiger partial charge in [0.25, 0.3) is 0 Å². The van der Waals surface area contributed by atoms with Gasteiger partial charge < -0.3 is 15.2 Å². The van der Waals surface area contributed by atoms with Gasteiger partial charge in [-0.05, 0) is 30.5 Å². The van der Waals surface area contributed by atoms with Gasteiger partial charge >= 0.3 is 0 Å². The molecular weight excluding hydrogens is 226 g/mol. The van der Waals surface area contributed by atoms with Crippen molar-refractivity contribution in [2.24, 2.45) is 11.7 Å². The van der Waals surface area contributed by atoms with Gasteiger partial charge in [0.05, 0.1) is 6.61 Å². The van der Waals surface area contributed by atoms with Crippen LogP contribution in [-0.2, 0) is 17.8 Å². The Labute approximate surface area is 100 Å². The largest absolute Gasteiger partial charge is 0.467 e. The predicted molar refractivity (Wildman–Crippen MR) is 63.7 cm³/mol. The van der Waals surface area contributed by atoms with E-state index >= 15 is 0 Å². The molecular formula is C12H16ClNO2. The summed E-state index contributed by atoms with van der Waals surface area (Å²) >= 11 is 6.10. The zero-order chi connectivity index (χ0) is 11.5. The molecule has 0 bridgehead atoms. The summed E-state index contributed by atoms with van der Waals surface area (Å²) in [7, 11) is 0. The fourth-order valence-corrected chi connectivity index (χ4v) is 2.03. The van der Waals surface area contributed by atoms with Gasteiger partial charge in [-0.3, -0.25) is 0 Å². The number of nitrogens with two attached hydrogens (primary N) is 1. The third-order valence-corrected chi connectivity index (χ3v) is 3.14. The van der Waals surface area contributed by atoms with E-state index in [9.17, 15) is 0 Å². The Morgan fingerprint density at radius 3 is 3.06 bits per heavy atom. The van der Waals surface area contributed by atoms with Crippen LogP contribution in [0.3, 0.4) is 0 Å². The molecule has 0 aliphatic carbocycles. The van der Waals surface area contributed by atoms with Gasteiger partial charge in [0.15, 0.2) is 6.79 Å². The van der Waals surface area contributed by atoms with Crippen LogP contribution >= 0.6 is 11.6 Å². The molecule has 3 nitrogen and oxygen atoms in total. The van der Waals surface area contributed by atoms with Gasteiger partial charge in [-0.2, -0.15) is 0 Å². The molecule has 0 aromatic heterocycles. The maximum Gasteiger partial charge on any atom is 0.189 e. The van der Waals surface area contributed by atoms with Gasteiger partial charge in [-0.25, -0.2) is 0 Å². The van der Waals surface area contributed by atoms with Crippen molar-refractivity contribution in [3.8, 4) is 5.75 Å². The third-order valence-electron chi connectivity index (χ3n) is 2.79. The fourth-order valence-electron chi connectivity index (χ4n) is 1.83. The molecule has 0 amide bonds. The highest BCUT2D eigenvalue weighted by Gasteiger charge is 2.18. The van der Waals surface area contributed by atoms with Crippen molar-refractivity contribution < 1.29 is 9.47 Å². The molecule has 1 aliphatic heterocycles. The van der Waals surface area contributed by atoms with Gasteiger partial charge in [-0.15, -0.1) is 0 Å². The van der Waals surface area contributed by atoms with Crippen molar-refractivity contribution >= 4 is 11.6 Å². The Morgan fingerprint density at radius 1 is 1.50 bits per heavy atom. The van der Waals surface area contributed by atoms with E-state index < -0.39 is 0 Å². The zero-order valence-corrected chi connectivity index (χ0v) is 10.1. The number of hydrogen-bond donors (Lipinski definition) is 1. The first-order valence-corrected chi connectivity index (χ1v) is 5.81. The number of rotatable bonds is 3. The second kappa shape index (κ2) is 5.04. The van der Waals surface area contributed by atoms with Crippen LogP contribution in [0.1, 0.15) is 18.1 Å². The van der Waals surface area contributed by atoms with Crippen LogP contribution in [0.15, 0.2) is 12.1 Å². The predicted octanol–water partition coefficient (Wildman–Crippen LogP) is 2.34. The summed E-state index contributed by atoms with van der Waals surface area (Å²) in [5.41, 5.74) is 7.75. The van der Waals surface area contributed by atoms with E-state index in [2.05, 4.69) is 6.92 Å². The lowest BCUT2D eigenvalue weighted by atomic mass is 9.98. The van der Waals surface area contributed by atoms with Crippen LogP contribution in [0.25, 0.3) is 0 Å². The van der Waals surface area contributed by atoms with Crippen LogP contribution in [0.5, 0.6) is 5.75 Å². The monoisotopic (exact) mass is 241 g/mol. The van der Waals surface area contributed by atoms with Gasteiger partial charge in [0.1, 0.15) is 5.75 Å². The normalized spacial score (nSPS) is 16.4. The minimum atomic E-state index is 0.303. The summed E-state index contributed by atoms with van der Waals surface area (Å²) in [5.74, 6) is 1.33. The molecule has 1 aromatic carbocycles. The van der Waals surface area contributed by atoms with Crippen LogP contribution in [0, 0.1) is 5.92 Å². The number of fused-ring (bicyclic) bond motifs is 1.